The molecule has 0 amide bonds. The molecule has 1 atom stereocenters. The van der Waals surface area contributed by atoms with Crippen molar-refractivity contribution in [1.82, 2.24) is 0 Å². The molecule has 0 saturated heterocycles. The molecule has 0 bridgehead atoms. The fourth-order valence-electron chi connectivity index (χ4n) is 1.86. The number of nitrogens with two attached hydrogens (primary N) is 1. The highest BCUT2D eigenvalue weighted by Gasteiger charge is 2.11. The van der Waals surface area contributed by atoms with Crippen molar-refractivity contribution in [3.8, 4) is 0 Å². The molecule has 0 saturated carbocycles. The molecule has 0 heterocycles. The second-order valence-corrected chi connectivity index (χ2v) is 5.00. The van der Waals surface area contributed by atoms with Gasteiger partial charge in [0.2, 0.25) is 0 Å². The quantitative estimate of drug-likeness (QED) is 0.588. The molecule has 0 aliphatic heterocycles. The van der Waals surface area contributed by atoms with E-state index in [2.05, 4.69) is 6.92 Å². The van der Waals surface area contributed by atoms with Gasteiger partial charge >= 0.3 is 5.97 Å². The molecule has 2 N–H and O–H groups in total. The lowest BCUT2D eigenvalue weighted by atomic mass is 10.0. The van der Waals surface area contributed by atoms with Gasteiger partial charge in [-0.2, -0.15) is 0 Å². The maximum Gasteiger partial charge on any atom is 0.307 e. The van der Waals surface area contributed by atoms with Gasteiger partial charge in [-0.3, -0.25) is 4.79 Å². The number of ether oxygens (including phenoxy) is 1. The molecule has 0 spiro atoms. The lowest BCUT2D eigenvalue weighted by Crippen LogP contribution is -2.13. The highest BCUT2D eigenvalue weighted by molar-refractivity contribution is 6.20. The standard InChI is InChI=1S/C15H22ClNO2/c1-2-3-8-14(16)19-15(18)10-9-12-6-4-5-7-13(12)11-17/h4-7,14H,2-3,8-11,17H2,1H3. The summed E-state index contributed by atoms with van der Waals surface area (Å²) in [5.41, 5.74) is 7.32. The summed E-state index contributed by atoms with van der Waals surface area (Å²) in [5, 5.41) is 0. The Morgan fingerprint density at radius 2 is 2.05 bits per heavy atom. The first-order valence-corrected chi connectivity index (χ1v) is 7.21. The predicted molar refractivity (Wildman–Crippen MR) is 77.9 cm³/mol. The van der Waals surface area contributed by atoms with Gasteiger partial charge in [0.05, 0.1) is 0 Å². The van der Waals surface area contributed by atoms with Crippen LogP contribution in [0.15, 0.2) is 24.3 Å². The van der Waals surface area contributed by atoms with E-state index in [9.17, 15) is 4.79 Å². The molecule has 0 fully saturated rings. The third kappa shape index (κ3) is 6.08. The maximum atomic E-state index is 11.7. The van der Waals surface area contributed by atoms with Crippen LogP contribution in [0.3, 0.4) is 0 Å². The van der Waals surface area contributed by atoms with Crippen LogP contribution in [0, 0.1) is 0 Å². The number of halogens is 1. The summed E-state index contributed by atoms with van der Waals surface area (Å²) in [6.07, 6.45) is 3.71. The zero-order valence-electron chi connectivity index (χ0n) is 11.4. The van der Waals surface area contributed by atoms with Gasteiger partial charge in [-0.15, -0.1) is 0 Å². The van der Waals surface area contributed by atoms with Crippen molar-refractivity contribution in [1.29, 1.82) is 0 Å². The summed E-state index contributed by atoms with van der Waals surface area (Å²) in [4.78, 5) is 11.7. The number of unbranched alkanes of at least 4 members (excludes halogenated alkanes) is 1. The van der Waals surface area contributed by atoms with Crippen LogP contribution in [-0.4, -0.2) is 11.5 Å². The second-order valence-electron chi connectivity index (χ2n) is 4.51. The van der Waals surface area contributed by atoms with E-state index in [1.54, 1.807) is 0 Å². The van der Waals surface area contributed by atoms with Gasteiger partial charge in [0.1, 0.15) is 0 Å². The first-order chi connectivity index (χ1) is 9.17. The largest absolute Gasteiger partial charge is 0.446 e. The number of carbonyl (C=O) groups excluding carboxylic acids is 1. The minimum atomic E-state index is -0.503. The normalized spacial score (nSPS) is 12.2. The van der Waals surface area contributed by atoms with E-state index in [1.807, 2.05) is 24.3 Å². The number of alkyl halides is 1. The van der Waals surface area contributed by atoms with Crippen molar-refractivity contribution in [3.63, 3.8) is 0 Å². The Labute approximate surface area is 120 Å². The molecule has 19 heavy (non-hydrogen) atoms. The summed E-state index contributed by atoms with van der Waals surface area (Å²) in [6.45, 7) is 2.56. The fraction of sp³-hybridized carbons (Fsp3) is 0.533. The Bertz CT molecular complexity index is 395. The fourth-order valence-corrected chi connectivity index (χ4v) is 2.12. The Morgan fingerprint density at radius 1 is 1.37 bits per heavy atom. The molecular weight excluding hydrogens is 262 g/mol. The van der Waals surface area contributed by atoms with Crippen molar-refractivity contribution >= 4 is 17.6 Å². The van der Waals surface area contributed by atoms with Crippen molar-refractivity contribution in [2.75, 3.05) is 0 Å². The smallest absolute Gasteiger partial charge is 0.307 e. The van der Waals surface area contributed by atoms with Crippen LogP contribution in [0.4, 0.5) is 0 Å². The van der Waals surface area contributed by atoms with Gasteiger partial charge in [-0.25, -0.2) is 0 Å². The Morgan fingerprint density at radius 3 is 2.68 bits per heavy atom. The van der Waals surface area contributed by atoms with Gasteiger partial charge in [-0.1, -0.05) is 49.2 Å². The van der Waals surface area contributed by atoms with E-state index in [-0.39, 0.29) is 5.97 Å². The molecule has 106 valence electrons. The van der Waals surface area contributed by atoms with Gasteiger partial charge in [0, 0.05) is 13.0 Å². The van der Waals surface area contributed by atoms with E-state index in [0.717, 1.165) is 24.0 Å². The number of esters is 1. The number of aryl methyl sites for hydroxylation is 1. The van der Waals surface area contributed by atoms with Crippen molar-refractivity contribution < 1.29 is 9.53 Å². The zero-order valence-corrected chi connectivity index (χ0v) is 12.2. The van der Waals surface area contributed by atoms with E-state index in [0.29, 0.717) is 25.8 Å². The summed E-state index contributed by atoms with van der Waals surface area (Å²) in [7, 11) is 0. The van der Waals surface area contributed by atoms with Crippen LogP contribution in [0.5, 0.6) is 0 Å². The minimum absolute atomic E-state index is 0.247. The second kappa shape index (κ2) is 8.94. The van der Waals surface area contributed by atoms with Crippen LogP contribution in [0.2, 0.25) is 0 Å². The molecule has 1 aromatic carbocycles. The van der Waals surface area contributed by atoms with Crippen LogP contribution in [0.1, 0.15) is 43.7 Å². The van der Waals surface area contributed by atoms with E-state index in [4.69, 9.17) is 22.1 Å². The third-order valence-electron chi connectivity index (χ3n) is 2.98. The molecule has 0 aliphatic rings. The monoisotopic (exact) mass is 283 g/mol. The van der Waals surface area contributed by atoms with Gasteiger partial charge in [-0.05, 0) is 30.4 Å². The average Bonchev–Trinajstić information content (AvgIpc) is 2.43. The summed E-state index contributed by atoms with van der Waals surface area (Å²) >= 11 is 5.93. The Balaban J connectivity index is 2.37. The van der Waals surface area contributed by atoms with Gasteiger partial charge in [0.15, 0.2) is 5.56 Å². The van der Waals surface area contributed by atoms with Gasteiger partial charge in [0.25, 0.3) is 0 Å². The SMILES string of the molecule is CCCCC(Cl)OC(=O)CCc1ccccc1CN. The lowest BCUT2D eigenvalue weighted by Gasteiger charge is -2.11. The van der Waals surface area contributed by atoms with Crippen molar-refractivity contribution in [3.05, 3.63) is 35.4 Å². The topological polar surface area (TPSA) is 52.3 Å². The Hall–Kier alpha value is -1.06. The number of hydrogen-bond acceptors (Lipinski definition) is 3. The number of rotatable bonds is 8. The van der Waals surface area contributed by atoms with Crippen LogP contribution < -0.4 is 5.73 Å². The molecule has 0 radical (unpaired) electrons. The molecule has 3 nitrogen and oxygen atoms in total. The number of carbonyl (C=O) groups is 1. The van der Waals surface area contributed by atoms with E-state index < -0.39 is 5.56 Å². The molecule has 1 rings (SSSR count). The molecule has 0 aromatic heterocycles. The van der Waals surface area contributed by atoms with E-state index >= 15 is 0 Å². The van der Waals surface area contributed by atoms with Gasteiger partial charge < -0.3 is 10.5 Å². The molecule has 4 heteroatoms. The first-order valence-electron chi connectivity index (χ1n) is 6.77. The minimum Gasteiger partial charge on any atom is -0.446 e. The average molecular weight is 284 g/mol. The van der Waals surface area contributed by atoms with E-state index in [1.165, 1.54) is 0 Å². The number of benzene rings is 1. The number of hydrogen-bond donors (Lipinski definition) is 1. The zero-order chi connectivity index (χ0) is 14.1. The predicted octanol–water partition coefficient (Wildman–Crippen LogP) is 3.38. The maximum absolute atomic E-state index is 11.7. The summed E-state index contributed by atoms with van der Waals surface area (Å²) in [5.74, 6) is -0.247. The summed E-state index contributed by atoms with van der Waals surface area (Å²) in [6, 6.07) is 7.87. The molecular formula is C15H22ClNO2. The molecule has 1 unspecified atom stereocenters. The van der Waals surface area contributed by atoms with Crippen molar-refractivity contribution in [2.24, 2.45) is 5.73 Å². The molecule has 0 aliphatic carbocycles. The van der Waals surface area contributed by atoms with Crippen LogP contribution in [0.25, 0.3) is 0 Å². The van der Waals surface area contributed by atoms with Crippen LogP contribution >= 0.6 is 11.6 Å². The Kier molecular flexibility index (Phi) is 7.53. The molecule has 1 aromatic rings. The highest BCUT2D eigenvalue weighted by atomic mass is 35.5. The lowest BCUT2D eigenvalue weighted by molar-refractivity contribution is -0.145. The van der Waals surface area contributed by atoms with Crippen LogP contribution in [-0.2, 0) is 22.5 Å². The highest BCUT2D eigenvalue weighted by Crippen LogP contribution is 2.13. The first kappa shape index (κ1) is 16.0. The third-order valence-corrected chi connectivity index (χ3v) is 3.29. The summed E-state index contributed by atoms with van der Waals surface area (Å²) < 4.78 is 5.14. The van der Waals surface area contributed by atoms with Crippen molar-refractivity contribution in [2.45, 2.75) is 51.1 Å².